The van der Waals surface area contributed by atoms with Crippen LogP contribution in [0.5, 0.6) is 11.5 Å². The Morgan fingerprint density at radius 1 is 1.14 bits per heavy atom. The lowest BCUT2D eigenvalue weighted by Crippen LogP contribution is -1.89. The standard InChI is InChI=1S/C15H11NO5/c17-15(18)9-4-11-2-1-3-14(10-11)21-13-7-5-12(6-8-13)16(19)20/h1-10H,(H,17,18). The molecule has 2 aromatic rings. The fourth-order valence-corrected chi connectivity index (χ4v) is 1.62. The molecule has 0 amide bonds. The molecule has 0 aliphatic heterocycles. The quantitative estimate of drug-likeness (QED) is 0.516. The number of ether oxygens (including phenoxy) is 1. The third-order valence-corrected chi connectivity index (χ3v) is 2.56. The molecule has 0 bridgehead atoms. The van der Waals surface area contributed by atoms with Crippen LogP contribution in [-0.2, 0) is 4.79 Å². The van der Waals surface area contributed by atoms with E-state index < -0.39 is 10.9 Å². The molecule has 0 spiro atoms. The highest BCUT2D eigenvalue weighted by Crippen LogP contribution is 2.24. The van der Waals surface area contributed by atoms with E-state index in [1.54, 1.807) is 24.3 Å². The summed E-state index contributed by atoms with van der Waals surface area (Å²) in [7, 11) is 0. The third kappa shape index (κ3) is 4.17. The molecule has 0 aliphatic carbocycles. The smallest absolute Gasteiger partial charge is 0.328 e. The van der Waals surface area contributed by atoms with Crippen LogP contribution < -0.4 is 4.74 Å². The van der Waals surface area contributed by atoms with Gasteiger partial charge in [0.15, 0.2) is 0 Å². The van der Waals surface area contributed by atoms with Gasteiger partial charge in [-0.15, -0.1) is 0 Å². The predicted molar refractivity (Wildman–Crippen MR) is 76.3 cm³/mol. The van der Waals surface area contributed by atoms with Crippen molar-refractivity contribution in [3.8, 4) is 11.5 Å². The number of rotatable bonds is 5. The van der Waals surface area contributed by atoms with Crippen molar-refractivity contribution < 1.29 is 19.6 Å². The van der Waals surface area contributed by atoms with Gasteiger partial charge in [-0.25, -0.2) is 4.79 Å². The first-order valence-corrected chi connectivity index (χ1v) is 5.98. The van der Waals surface area contributed by atoms with Gasteiger partial charge in [0.05, 0.1) is 4.92 Å². The van der Waals surface area contributed by atoms with Gasteiger partial charge in [0.2, 0.25) is 0 Å². The van der Waals surface area contributed by atoms with E-state index in [1.807, 2.05) is 0 Å². The van der Waals surface area contributed by atoms with Crippen LogP contribution in [0.2, 0.25) is 0 Å². The van der Waals surface area contributed by atoms with Gasteiger partial charge in [0.25, 0.3) is 5.69 Å². The van der Waals surface area contributed by atoms with E-state index in [0.717, 1.165) is 6.08 Å². The lowest BCUT2D eigenvalue weighted by molar-refractivity contribution is -0.384. The minimum absolute atomic E-state index is 0.0134. The van der Waals surface area contributed by atoms with Gasteiger partial charge in [-0.05, 0) is 35.9 Å². The summed E-state index contributed by atoms with van der Waals surface area (Å²) in [6, 6.07) is 12.5. The zero-order valence-corrected chi connectivity index (χ0v) is 10.8. The Kier molecular flexibility index (Phi) is 4.30. The number of benzene rings is 2. The Balaban J connectivity index is 2.14. The summed E-state index contributed by atoms with van der Waals surface area (Å²) in [4.78, 5) is 20.5. The number of hydrogen-bond acceptors (Lipinski definition) is 4. The molecular weight excluding hydrogens is 274 g/mol. The molecule has 6 heteroatoms. The van der Waals surface area contributed by atoms with E-state index >= 15 is 0 Å². The molecule has 21 heavy (non-hydrogen) atoms. The number of carboxylic acids is 1. The number of nitro groups is 1. The summed E-state index contributed by atoms with van der Waals surface area (Å²) >= 11 is 0. The average Bonchev–Trinajstić information content (AvgIpc) is 2.46. The molecule has 0 fully saturated rings. The minimum Gasteiger partial charge on any atom is -0.478 e. The van der Waals surface area contributed by atoms with Crippen molar-refractivity contribution in [2.24, 2.45) is 0 Å². The second-order valence-corrected chi connectivity index (χ2v) is 4.10. The van der Waals surface area contributed by atoms with Crippen LogP contribution in [0.15, 0.2) is 54.6 Å². The zero-order chi connectivity index (χ0) is 15.2. The van der Waals surface area contributed by atoms with Crippen molar-refractivity contribution in [1.82, 2.24) is 0 Å². The van der Waals surface area contributed by atoms with Crippen molar-refractivity contribution in [1.29, 1.82) is 0 Å². The summed E-state index contributed by atoms with van der Waals surface area (Å²) in [5, 5.41) is 19.1. The highest BCUT2D eigenvalue weighted by Gasteiger charge is 2.05. The second kappa shape index (κ2) is 6.33. The number of non-ortho nitro benzene ring substituents is 1. The molecule has 0 radical (unpaired) electrons. The van der Waals surface area contributed by atoms with E-state index in [0.29, 0.717) is 17.1 Å². The van der Waals surface area contributed by atoms with E-state index in [9.17, 15) is 14.9 Å². The number of aliphatic carboxylic acids is 1. The molecule has 106 valence electrons. The topological polar surface area (TPSA) is 89.7 Å². The summed E-state index contributed by atoms with van der Waals surface area (Å²) in [5.41, 5.74) is 0.664. The molecule has 0 saturated carbocycles. The summed E-state index contributed by atoms with van der Waals surface area (Å²) in [5.74, 6) is -0.0620. The average molecular weight is 285 g/mol. The van der Waals surface area contributed by atoms with E-state index in [2.05, 4.69) is 0 Å². The lowest BCUT2D eigenvalue weighted by Gasteiger charge is -2.06. The number of carbonyl (C=O) groups is 1. The third-order valence-electron chi connectivity index (χ3n) is 2.56. The number of nitrogens with zero attached hydrogens (tertiary/aromatic N) is 1. The van der Waals surface area contributed by atoms with Crippen LogP contribution in [0.3, 0.4) is 0 Å². The summed E-state index contributed by atoms with van der Waals surface area (Å²) in [6.07, 6.45) is 2.48. The molecule has 0 aliphatic rings. The fraction of sp³-hybridized carbons (Fsp3) is 0. The molecule has 0 atom stereocenters. The van der Waals surface area contributed by atoms with Crippen LogP contribution in [0.25, 0.3) is 6.08 Å². The lowest BCUT2D eigenvalue weighted by atomic mass is 10.2. The maximum Gasteiger partial charge on any atom is 0.328 e. The molecule has 0 heterocycles. The van der Waals surface area contributed by atoms with Crippen molar-refractivity contribution in [3.63, 3.8) is 0 Å². The zero-order valence-electron chi connectivity index (χ0n) is 10.8. The highest BCUT2D eigenvalue weighted by molar-refractivity contribution is 5.85. The first-order chi connectivity index (χ1) is 10.0. The maximum absolute atomic E-state index is 10.6. The molecule has 0 saturated heterocycles. The first kappa shape index (κ1) is 14.3. The van der Waals surface area contributed by atoms with Crippen LogP contribution in [0.4, 0.5) is 5.69 Å². The van der Waals surface area contributed by atoms with E-state index in [4.69, 9.17) is 9.84 Å². The van der Waals surface area contributed by atoms with Gasteiger partial charge in [-0.3, -0.25) is 10.1 Å². The van der Waals surface area contributed by atoms with E-state index in [-0.39, 0.29) is 5.69 Å². The summed E-state index contributed by atoms with van der Waals surface area (Å²) < 4.78 is 5.56. The Morgan fingerprint density at radius 3 is 2.48 bits per heavy atom. The van der Waals surface area contributed by atoms with Gasteiger partial charge < -0.3 is 9.84 Å². The molecule has 1 N–H and O–H groups in total. The molecule has 2 rings (SSSR count). The van der Waals surface area contributed by atoms with Crippen molar-refractivity contribution in [2.75, 3.05) is 0 Å². The van der Waals surface area contributed by atoms with Crippen LogP contribution in [0.1, 0.15) is 5.56 Å². The molecular formula is C15H11NO5. The fourth-order valence-electron chi connectivity index (χ4n) is 1.62. The van der Waals surface area contributed by atoms with Crippen LogP contribution >= 0.6 is 0 Å². The van der Waals surface area contributed by atoms with Crippen molar-refractivity contribution in [2.45, 2.75) is 0 Å². The Labute approximate surface area is 120 Å². The molecule has 2 aromatic carbocycles. The normalized spacial score (nSPS) is 10.5. The number of hydrogen-bond donors (Lipinski definition) is 1. The number of carboxylic acid groups (broad SMARTS) is 1. The summed E-state index contributed by atoms with van der Waals surface area (Å²) in [6.45, 7) is 0. The molecule has 0 unspecified atom stereocenters. The molecule has 6 nitrogen and oxygen atoms in total. The van der Waals surface area contributed by atoms with Gasteiger partial charge in [-0.2, -0.15) is 0 Å². The Bertz CT molecular complexity index is 691. The van der Waals surface area contributed by atoms with Gasteiger partial charge in [0.1, 0.15) is 11.5 Å². The second-order valence-electron chi connectivity index (χ2n) is 4.10. The molecule has 0 aromatic heterocycles. The first-order valence-electron chi connectivity index (χ1n) is 5.98. The largest absolute Gasteiger partial charge is 0.478 e. The Hall–Kier alpha value is -3.15. The van der Waals surface area contributed by atoms with Gasteiger partial charge >= 0.3 is 5.97 Å². The monoisotopic (exact) mass is 285 g/mol. The van der Waals surface area contributed by atoms with Gasteiger partial charge in [0, 0.05) is 18.2 Å². The van der Waals surface area contributed by atoms with Crippen molar-refractivity contribution in [3.05, 3.63) is 70.3 Å². The van der Waals surface area contributed by atoms with Crippen LogP contribution in [0, 0.1) is 10.1 Å². The highest BCUT2D eigenvalue weighted by atomic mass is 16.6. The van der Waals surface area contributed by atoms with Crippen LogP contribution in [-0.4, -0.2) is 16.0 Å². The maximum atomic E-state index is 10.6. The SMILES string of the molecule is O=C(O)C=Cc1cccc(Oc2ccc([N+](=O)[O-])cc2)c1. The number of nitro benzene ring substituents is 1. The predicted octanol–water partition coefficient (Wildman–Crippen LogP) is 3.48. The minimum atomic E-state index is -1.03. The van der Waals surface area contributed by atoms with Crippen molar-refractivity contribution >= 4 is 17.7 Å². The van der Waals surface area contributed by atoms with Gasteiger partial charge in [-0.1, -0.05) is 12.1 Å². The van der Waals surface area contributed by atoms with E-state index in [1.165, 1.54) is 30.3 Å². The Morgan fingerprint density at radius 2 is 1.86 bits per heavy atom.